The first-order valence-electron chi connectivity index (χ1n) is 10.2. The molecule has 160 valence electrons. The van der Waals surface area contributed by atoms with E-state index in [1.54, 1.807) is 13.3 Å². The lowest BCUT2D eigenvalue weighted by molar-refractivity contribution is 0.0693. The summed E-state index contributed by atoms with van der Waals surface area (Å²) in [5, 5.41) is 9.48. The molecule has 1 atom stereocenters. The Morgan fingerprint density at radius 3 is 2.55 bits per heavy atom. The number of aromatic nitrogens is 2. The lowest BCUT2D eigenvalue weighted by atomic mass is 9.78. The third-order valence-electron chi connectivity index (χ3n) is 5.97. The molecule has 3 heterocycles. The number of benzene rings is 1. The van der Waals surface area contributed by atoms with Gasteiger partial charge in [0, 0.05) is 41.3 Å². The number of aromatic carboxylic acids is 1. The SMILES string of the molecule is COc1cc2c(cc1-c1ccnc(C)c1)CC(C(C)(C)C)n1cc(C(=O)O)c(=O)cc1-2. The molecule has 0 fully saturated rings. The van der Waals surface area contributed by atoms with Crippen molar-refractivity contribution in [1.82, 2.24) is 9.55 Å². The van der Waals surface area contributed by atoms with Gasteiger partial charge >= 0.3 is 5.97 Å². The minimum atomic E-state index is -1.21. The number of carboxylic acids is 1. The van der Waals surface area contributed by atoms with Crippen molar-refractivity contribution in [3.8, 4) is 28.1 Å². The summed E-state index contributed by atoms with van der Waals surface area (Å²) in [6.07, 6.45) is 3.99. The molecule has 6 heteroatoms. The van der Waals surface area contributed by atoms with Crippen LogP contribution in [-0.4, -0.2) is 27.7 Å². The van der Waals surface area contributed by atoms with Gasteiger partial charge in [-0.3, -0.25) is 9.78 Å². The summed E-state index contributed by atoms with van der Waals surface area (Å²) in [5.74, 6) is -0.514. The van der Waals surface area contributed by atoms with Crippen molar-refractivity contribution in [2.24, 2.45) is 5.41 Å². The van der Waals surface area contributed by atoms with E-state index in [4.69, 9.17) is 4.74 Å². The smallest absolute Gasteiger partial charge is 0.341 e. The van der Waals surface area contributed by atoms with Crippen LogP contribution in [0.4, 0.5) is 0 Å². The second-order valence-corrected chi connectivity index (χ2v) is 9.13. The van der Waals surface area contributed by atoms with Gasteiger partial charge in [-0.05, 0) is 54.2 Å². The maximum atomic E-state index is 12.5. The van der Waals surface area contributed by atoms with E-state index < -0.39 is 11.4 Å². The van der Waals surface area contributed by atoms with Gasteiger partial charge in [0.2, 0.25) is 0 Å². The average Bonchev–Trinajstić information content (AvgIpc) is 2.70. The summed E-state index contributed by atoms with van der Waals surface area (Å²) in [6, 6.07) is 9.49. The first-order valence-corrected chi connectivity index (χ1v) is 10.2. The predicted octanol–water partition coefficient (Wildman–Crippen LogP) is 4.74. The molecule has 3 aromatic rings. The Morgan fingerprint density at radius 2 is 1.94 bits per heavy atom. The quantitative estimate of drug-likeness (QED) is 0.665. The summed E-state index contributed by atoms with van der Waals surface area (Å²) in [7, 11) is 1.63. The highest BCUT2D eigenvalue weighted by molar-refractivity contribution is 5.88. The maximum Gasteiger partial charge on any atom is 0.341 e. The average molecular weight is 418 g/mol. The summed E-state index contributed by atoms with van der Waals surface area (Å²) >= 11 is 0. The normalized spacial score (nSPS) is 15.2. The fourth-order valence-corrected chi connectivity index (χ4v) is 4.35. The van der Waals surface area contributed by atoms with Crippen molar-refractivity contribution in [3.63, 3.8) is 0 Å². The second-order valence-electron chi connectivity index (χ2n) is 9.13. The molecule has 1 N–H and O–H groups in total. The van der Waals surface area contributed by atoms with E-state index in [-0.39, 0.29) is 17.0 Å². The molecule has 1 unspecified atom stereocenters. The standard InChI is InChI=1S/C25H26N2O4/c1-14-8-15(6-7-26-14)18-9-16-10-23(25(2,3)4)27-13-19(24(29)30)21(28)12-20(27)17(16)11-22(18)31-5/h6-9,11-13,23H,10H2,1-5H3,(H,29,30). The van der Waals surface area contributed by atoms with Gasteiger partial charge in [0.25, 0.3) is 0 Å². The van der Waals surface area contributed by atoms with Crippen LogP contribution in [0.1, 0.15) is 48.4 Å². The summed E-state index contributed by atoms with van der Waals surface area (Å²) in [4.78, 5) is 28.4. The number of hydrogen-bond donors (Lipinski definition) is 1. The monoisotopic (exact) mass is 418 g/mol. The van der Waals surface area contributed by atoms with Crippen molar-refractivity contribution in [1.29, 1.82) is 0 Å². The number of carbonyl (C=O) groups is 1. The molecule has 6 nitrogen and oxygen atoms in total. The van der Waals surface area contributed by atoms with Crippen LogP contribution in [0.3, 0.4) is 0 Å². The first-order chi connectivity index (χ1) is 14.6. The van der Waals surface area contributed by atoms with Crippen LogP contribution < -0.4 is 10.2 Å². The zero-order chi connectivity index (χ0) is 22.5. The minimum Gasteiger partial charge on any atom is -0.496 e. The highest BCUT2D eigenvalue weighted by Gasteiger charge is 2.34. The van der Waals surface area contributed by atoms with Crippen LogP contribution in [0, 0.1) is 12.3 Å². The van der Waals surface area contributed by atoms with Crippen LogP contribution in [-0.2, 0) is 6.42 Å². The van der Waals surface area contributed by atoms with Gasteiger partial charge in [-0.1, -0.05) is 20.8 Å². The summed E-state index contributed by atoms with van der Waals surface area (Å²) in [5.41, 5.74) is 4.76. The van der Waals surface area contributed by atoms with Crippen LogP contribution in [0.2, 0.25) is 0 Å². The van der Waals surface area contributed by atoms with Crippen LogP contribution in [0.5, 0.6) is 5.75 Å². The first kappa shape index (κ1) is 20.8. The molecular weight excluding hydrogens is 392 g/mol. The largest absolute Gasteiger partial charge is 0.496 e. The molecule has 0 saturated heterocycles. The van der Waals surface area contributed by atoms with Crippen molar-refractivity contribution >= 4 is 5.97 Å². The molecule has 0 aliphatic carbocycles. The molecule has 1 aliphatic rings. The summed E-state index contributed by atoms with van der Waals surface area (Å²) < 4.78 is 7.65. The Hall–Kier alpha value is -3.41. The number of aryl methyl sites for hydroxylation is 1. The van der Waals surface area contributed by atoms with Crippen LogP contribution >= 0.6 is 0 Å². The Bertz CT molecular complexity index is 1250. The maximum absolute atomic E-state index is 12.5. The minimum absolute atomic E-state index is 0.00544. The lowest BCUT2D eigenvalue weighted by Crippen LogP contribution is -2.32. The van der Waals surface area contributed by atoms with E-state index in [1.807, 2.05) is 29.7 Å². The number of hydrogen-bond acceptors (Lipinski definition) is 4. The molecule has 0 radical (unpaired) electrons. The summed E-state index contributed by atoms with van der Waals surface area (Å²) in [6.45, 7) is 8.33. The zero-order valence-electron chi connectivity index (χ0n) is 18.4. The number of carboxylic acid groups (broad SMARTS) is 1. The molecule has 1 aliphatic heterocycles. The van der Waals surface area contributed by atoms with Crippen molar-refractivity contribution < 1.29 is 14.6 Å². The number of pyridine rings is 2. The van der Waals surface area contributed by atoms with Gasteiger partial charge < -0.3 is 14.4 Å². The van der Waals surface area contributed by atoms with E-state index in [9.17, 15) is 14.7 Å². The van der Waals surface area contributed by atoms with Crippen molar-refractivity contribution in [3.05, 3.63) is 69.8 Å². The number of fused-ring (bicyclic) bond motifs is 3. The third kappa shape index (κ3) is 3.63. The highest BCUT2D eigenvalue weighted by atomic mass is 16.5. The fraction of sp³-hybridized carbons (Fsp3) is 0.320. The van der Waals surface area contributed by atoms with Crippen molar-refractivity contribution in [2.45, 2.75) is 40.2 Å². The Kier molecular flexibility index (Phi) is 4.96. The van der Waals surface area contributed by atoms with E-state index >= 15 is 0 Å². The molecule has 31 heavy (non-hydrogen) atoms. The number of methoxy groups -OCH3 is 1. The highest BCUT2D eigenvalue weighted by Crippen LogP contribution is 2.45. The molecule has 0 saturated carbocycles. The molecule has 0 amide bonds. The number of nitrogens with zero attached hydrogens (tertiary/aromatic N) is 2. The Labute approximate surface area is 181 Å². The van der Waals surface area contributed by atoms with Gasteiger partial charge in [0.15, 0.2) is 5.43 Å². The molecule has 0 bridgehead atoms. The topological polar surface area (TPSA) is 81.4 Å². The van der Waals surface area contributed by atoms with Gasteiger partial charge in [-0.15, -0.1) is 0 Å². The van der Waals surface area contributed by atoms with Gasteiger partial charge in [-0.2, -0.15) is 0 Å². The van der Waals surface area contributed by atoms with Crippen LogP contribution in [0.25, 0.3) is 22.4 Å². The lowest BCUT2D eigenvalue weighted by Gasteiger charge is -2.39. The zero-order valence-corrected chi connectivity index (χ0v) is 18.4. The predicted molar refractivity (Wildman–Crippen MR) is 120 cm³/mol. The molecule has 2 aromatic heterocycles. The Balaban J connectivity index is 2.00. The van der Waals surface area contributed by atoms with E-state index in [0.29, 0.717) is 11.4 Å². The molecule has 4 rings (SSSR count). The molecular formula is C25H26N2O4. The Morgan fingerprint density at radius 1 is 1.19 bits per heavy atom. The fourth-order valence-electron chi connectivity index (χ4n) is 4.35. The third-order valence-corrected chi connectivity index (χ3v) is 5.97. The van der Waals surface area contributed by atoms with E-state index in [0.717, 1.165) is 34.4 Å². The van der Waals surface area contributed by atoms with Crippen LogP contribution in [0.15, 0.2) is 47.5 Å². The van der Waals surface area contributed by atoms with Gasteiger partial charge in [0.05, 0.1) is 12.8 Å². The van der Waals surface area contributed by atoms with Gasteiger partial charge in [0.1, 0.15) is 11.3 Å². The molecule has 1 aromatic carbocycles. The number of rotatable bonds is 3. The van der Waals surface area contributed by atoms with Crippen molar-refractivity contribution in [2.75, 3.05) is 7.11 Å². The van der Waals surface area contributed by atoms with Gasteiger partial charge in [-0.25, -0.2) is 4.79 Å². The number of ether oxygens (including phenoxy) is 1. The second kappa shape index (κ2) is 7.38. The molecule has 0 spiro atoms. The van der Waals surface area contributed by atoms with E-state index in [1.165, 1.54) is 12.3 Å². The van der Waals surface area contributed by atoms with E-state index in [2.05, 4.69) is 31.8 Å².